The van der Waals surface area contributed by atoms with Gasteiger partial charge in [0.05, 0.1) is 6.10 Å². The van der Waals surface area contributed by atoms with Gasteiger partial charge in [-0.05, 0) is 49.4 Å². The van der Waals surface area contributed by atoms with E-state index >= 15 is 0 Å². The van der Waals surface area contributed by atoms with E-state index in [1.165, 1.54) is 5.69 Å². The molecule has 0 amide bonds. The number of fused-ring (bicyclic) bond motifs is 1. The van der Waals surface area contributed by atoms with Crippen molar-refractivity contribution in [3.05, 3.63) is 52.3 Å². The van der Waals surface area contributed by atoms with Crippen LogP contribution in [0, 0.1) is 12.3 Å². The minimum Gasteiger partial charge on any atom is -0.388 e. The summed E-state index contributed by atoms with van der Waals surface area (Å²) in [5, 5.41) is 11.1. The third-order valence-electron chi connectivity index (χ3n) is 4.14. The molecule has 1 atom stereocenters. The van der Waals surface area contributed by atoms with E-state index in [1.54, 1.807) is 0 Å². The molecule has 0 bridgehead atoms. The van der Waals surface area contributed by atoms with Crippen molar-refractivity contribution < 1.29 is 5.11 Å². The second-order valence-electron chi connectivity index (χ2n) is 6.56. The molecule has 0 aliphatic heterocycles. The molecule has 0 spiro atoms. The summed E-state index contributed by atoms with van der Waals surface area (Å²) in [6.45, 7) is 6.51. The number of aromatic nitrogens is 1. The zero-order valence-electron chi connectivity index (χ0n) is 12.2. The minimum absolute atomic E-state index is 0.119. The Balaban J connectivity index is 2.19. The molecule has 1 N–H and O–H groups in total. The van der Waals surface area contributed by atoms with Gasteiger partial charge in [0.2, 0.25) is 0 Å². The number of hydrogen-bond donors (Lipinski definition) is 1. The number of benzene rings is 1. The molecule has 1 aliphatic rings. The lowest BCUT2D eigenvalue weighted by Crippen LogP contribution is -2.26. The average molecular weight is 290 g/mol. The standard InChI is InChI=1S/C17H20ClNO/c1-11-7-14-15(9-17(2,3)10-16(14)20)19(11)13-6-4-5-12(18)8-13/h4-8,16,20H,9-10H2,1-3H3. The maximum atomic E-state index is 10.4. The number of rotatable bonds is 1. The molecule has 0 radical (unpaired) electrons. The van der Waals surface area contributed by atoms with Gasteiger partial charge in [0, 0.05) is 27.7 Å². The van der Waals surface area contributed by atoms with E-state index in [1.807, 2.05) is 18.2 Å². The Bertz CT molecular complexity index is 657. The lowest BCUT2D eigenvalue weighted by Gasteiger charge is -2.34. The summed E-state index contributed by atoms with van der Waals surface area (Å²) < 4.78 is 2.23. The van der Waals surface area contributed by atoms with Crippen LogP contribution in [0.3, 0.4) is 0 Å². The molecule has 0 saturated heterocycles. The summed E-state index contributed by atoms with van der Waals surface area (Å²) in [7, 11) is 0. The van der Waals surface area contributed by atoms with Crippen LogP contribution in [0.15, 0.2) is 30.3 Å². The number of nitrogens with zero attached hydrogens (tertiary/aromatic N) is 1. The van der Waals surface area contributed by atoms with E-state index in [0.29, 0.717) is 0 Å². The second kappa shape index (κ2) is 4.64. The van der Waals surface area contributed by atoms with Gasteiger partial charge in [-0.2, -0.15) is 0 Å². The third kappa shape index (κ3) is 2.27. The quantitative estimate of drug-likeness (QED) is 0.824. The molecule has 0 fully saturated rings. The van der Waals surface area contributed by atoms with Crippen LogP contribution in [0.1, 0.15) is 43.3 Å². The molecule has 2 aromatic rings. The molecular weight excluding hydrogens is 270 g/mol. The Morgan fingerprint density at radius 2 is 2.05 bits per heavy atom. The van der Waals surface area contributed by atoms with Gasteiger partial charge in [-0.25, -0.2) is 0 Å². The van der Waals surface area contributed by atoms with Crippen molar-refractivity contribution in [1.82, 2.24) is 4.57 Å². The van der Waals surface area contributed by atoms with Crippen molar-refractivity contribution in [1.29, 1.82) is 0 Å². The first kappa shape index (κ1) is 13.7. The molecule has 106 valence electrons. The van der Waals surface area contributed by atoms with E-state index in [2.05, 4.69) is 37.5 Å². The summed E-state index contributed by atoms with van der Waals surface area (Å²) >= 11 is 6.12. The first-order valence-electron chi connectivity index (χ1n) is 7.02. The molecule has 0 saturated carbocycles. The van der Waals surface area contributed by atoms with Crippen molar-refractivity contribution in [2.24, 2.45) is 5.41 Å². The molecule has 1 unspecified atom stereocenters. The fraction of sp³-hybridized carbons (Fsp3) is 0.412. The summed E-state index contributed by atoms with van der Waals surface area (Å²) in [5.41, 5.74) is 4.62. The SMILES string of the molecule is Cc1cc2c(n1-c1cccc(Cl)c1)CC(C)(C)CC2O. The van der Waals surface area contributed by atoms with Crippen molar-refractivity contribution >= 4 is 11.6 Å². The van der Waals surface area contributed by atoms with Gasteiger partial charge in [-0.1, -0.05) is 31.5 Å². The van der Waals surface area contributed by atoms with Crippen molar-refractivity contribution in [2.45, 2.75) is 39.7 Å². The summed E-state index contributed by atoms with van der Waals surface area (Å²) in [5.74, 6) is 0. The van der Waals surface area contributed by atoms with Gasteiger partial charge in [0.1, 0.15) is 0 Å². The van der Waals surface area contributed by atoms with Crippen molar-refractivity contribution in [3.8, 4) is 5.69 Å². The van der Waals surface area contributed by atoms with Gasteiger partial charge in [-0.15, -0.1) is 0 Å². The minimum atomic E-state index is -0.368. The van der Waals surface area contributed by atoms with Crippen LogP contribution in [0.2, 0.25) is 5.02 Å². The van der Waals surface area contributed by atoms with Crippen LogP contribution in [0.25, 0.3) is 5.69 Å². The number of aliphatic hydroxyl groups excluding tert-OH is 1. The second-order valence-corrected chi connectivity index (χ2v) is 7.00. The van der Waals surface area contributed by atoms with E-state index in [-0.39, 0.29) is 11.5 Å². The van der Waals surface area contributed by atoms with Crippen molar-refractivity contribution in [2.75, 3.05) is 0 Å². The Kier molecular flexibility index (Phi) is 3.19. The zero-order valence-corrected chi connectivity index (χ0v) is 12.9. The molecule has 20 heavy (non-hydrogen) atoms. The van der Waals surface area contributed by atoms with Crippen LogP contribution in [0.4, 0.5) is 0 Å². The first-order chi connectivity index (χ1) is 9.37. The summed E-state index contributed by atoms with van der Waals surface area (Å²) in [4.78, 5) is 0. The van der Waals surface area contributed by atoms with E-state index in [0.717, 1.165) is 34.8 Å². The molecule has 1 aromatic carbocycles. The number of aliphatic hydroxyl groups is 1. The zero-order chi connectivity index (χ0) is 14.5. The average Bonchev–Trinajstić information content (AvgIpc) is 2.64. The topological polar surface area (TPSA) is 25.2 Å². The Morgan fingerprint density at radius 3 is 2.75 bits per heavy atom. The van der Waals surface area contributed by atoms with Gasteiger partial charge in [-0.3, -0.25) is 0 Å². The predicted molar refractivity (Wildman–Crippen MR) is 82.6 cm³/mol. The van der Waals surface area contributed by atoms with Gasteiger partial charge in [0.15, 0.2) is 0 Å². The largest absolute Gasteiger partial charge is 0.388 e. The van der Waals surface area contributed by atoms with Crippen molar-refractivity contribution in [3.63, 3.8) is 0 Å². The van der Waals surface area contributed by atoms with E-state index < -0.39 is 0 Å². The molecule has 1 aliphatic carbocycles. The Hall–Kier alpha value is -1.25. The molecule has 1 heterocycles. The van der Waals surface area contributed by atoms with Crippen LogP contribution in [-0.4, -0.2) is 9.67 Å². The normalized spacial score (nSPS) is 20.8. The fourth-order valence-corrected chi connectivity index (χ4v) is 3.50. The number of halogens is 1. The van der Waals surface area contributed by atoms with Gasteiger partial charge < -0.3 is 9.67 Å². The highest BCUT2D eigenvalue weighted by Crippen LogP contribution is 2.42. The Labute approximate surface area is 125 Å². The Morgan fingerprint density at radius 1 is 1.30 bits per heavy atom. The molecular formula is C17H20ClNO. The number of aryl methyl sites for hydroxylation is 1. The summed E-state index contributed by atoms with van der Waals surface area (Å²) in [6, 6.07) is 10.00. The van der Waals surface area contributed by atoms with E-state index in [4.69, 9.17) is 11.6 Å². The smallest absolute Gasteiger partial charge is 0.0812 e. The van der Waals surface area contributed by atoms with Crippen LogP contribution in [0.5, 0.6) is 0 Å². The lowest BCUT2D eigenvalue weighted by atomic mass is 9.75. The first-order valence-corrected chi connectivity index (χ1v) is 7.40. The number of hydrogen-bond acceptors (Lipinski definition) is 1. The van der Waals surface area contributed by atoms with Gasteiger partial charge >= 0.3 is 0 Å². The third-order valence-corrected chi connectivity index (χ3v) is 4.37. The van der Waals surface area contributed by atoms with Crippen LogP contribution < -0.4 is 0 Å². The maximum Gasteiger partial charge on any atom is 0.0812 e. The molecule has 2 nitrogen and oxygen atoms in total. The summed E-state index contributed by atoms with van der Waals surface area (Å²) in [6.07, 6.45) is 1.42. The molecule has 1 aromatic heterocycles. The van der Waals surface area contributed by atoms with Crippen LogP contribution >= 0.6 is 11.6 Å². The highest BCUT2D eigenvalue weighted by atomic mass is 35.5. The maximum absolute atomic E-state index is 10.4. The monoisotopic (exact) mass is 289 g/mol. The molecule has 3 rings (SSSR count). The van der Waals surface area contributed by atoms with E-state index in [9.17, 15) is 5.11 Å². The predicted octanol–water partition coefficient (Wildman–Crippen LogP) is 4.44. The van der Waals surface area contributed by atoms with Crippen LogP contribution in [-0.2, 0) is 6.42 Å². The lowest BCUT2D eigenvalue weighted by molar-refractivity contribution is 0.0987. The molecule has 3 heteroatoms. The highest BCUT2D eigenvalue weighted by Gasteiger charge is 2.34. The highest BCUT2D eigenvalue weighted by molar-refractivity contribution is 6.30. The fourth-order valence-electron chi connectivity index (χ4n) is 3.32. The van der Waals surface area contributed by atoms with Gasteiger partial charge in [0.25, 0.3) is 0 Å².